The first-order valence-electron chi connectivity index (χ1n) is 8.48. The van der Waals surface area contributed by atoms with Crippen molar-refractivity contribution in [2.24, 2.45) is 0 Å². The summed E-state index contributed by atoms with van der Waals surface area (Å²) in [5.41, 5.74) is 8.93. The lowest BCUT2D eigenvalue weighted by Gasteiger charge is -2.38. The zero-order valence-electron chi connectivity index (χ0n) is 14.3. The lowest BCUT2D eigenvalue weighted by molar-refractivity contribution is 0.0487. The molecule has 1 heterocycles. The predicted molar refractivity (Wildman–Crippen MR) is 101 cm³/mol. The Morgan fingerprint density at radius 3 is 2.72 bits per heavy atom. The Kier molecular flexibility index (Phi) is 5.30. The molecule has 0 aromatic heterocycles. The first-order valence-corrected chi connectivity index (χ1v) is 8.86. The molecule has 2 aromatic carbocycles. The number of halogens is 1. The van der Waals surface area contributed by atoms with Gasteiger partial charge in [0.1, 0.15) is 0 Å². The number of hydrogen-bond acceptors (Lipinski definition) is 3. The highest BCUT2D eigenvalue weighted by molar-refractivity contribution is 6.30. The van der Waals surface area contributed by atoms with Crippen LogP contribution in [0, 0.1) is 6.92 Å². The highest BCUT2D eigenvalue weighted by atomic mass is 35.5. The van der Waals surface area contributed by atoms with Crippen LogP contribution < -0.4 is 11.1 Å². The van der Waals surface area contributed by atoms with Gasteiger partial charge in [-0.2, -0.15) is 0 Å². The van der Waals surface area contributed by atoms with Crippen molar-refractivity contribution >= 4 is 23.2 Å². The summed E-state index contributed by atoms with van der Waals surface area (Å²) in [6.45, 7) is 3.82. The van der Waals surface area contributed by atoms with Gasteiger partial charge >= 0.3 is 0 Å². The number of rotatable bonds is 4. The Balaban J connectivity index is 1.82. The van der Waals surface area contributed by atoms with Crippen LogP contribution in [0.4, 0.5) is 5.69 Å². The molecule has 0 aliphatic carbocycles. The number of aryl methyl sites for hydroxylation is 1. The number of carbonyl (C=O) groups excluding carboxylic acids is 1. The van der Waals surface area contributed by atoms with E-state index >= 15 is 0 Å². The minimum atomic E-state index is -0.160. The lowest BCUT2D eigenvalue weighted by atomic mass is 9.74. The Morgan fingerprint density at radius 1 is 1.24 bits per heavy atom. The molecule has 2 aromatic rings. The summed E-state index contributed by atoms with van der Waals surface area (Å²) in [4.78, 5) is 12.7. The topological polar surface area (TPSA) is 64.4 Å². The van der Waals surface area contributed by atoms with Crippen LogP contribution in [0.25, 0.3) is 0 Å². The van der Waals surface area contributed by atoms with E-state index in [1.807, 2.05) is 31.2 Å². The van der Waals surface area contributed by atoms with Crippen LogP contribution in [0.5, 0.6) is 0 Å². The summed E-state index contributed by atoms with van der Waals surface area (Å²) in [6, 6.07) is 13.3. The minimum absolute atomic E-state index is 0.0994. The number of nitrogen functional groups attached to an aromatic ring is 1. The average Bonchev–Trinajstić information content (AvgIpc) is 2.62. The van der Waals surface area contributed by atoms with Crippen LogP contribution in [0.15, 0.2) is 42.5 Å². The molecule has 25 heavy (non-hydrogen) atoms. The smallest absolute Gasteiger partial charge is 0.251 e. The number of anilines is 1. The minimum Gasteiger partial charge on any atom is -0.399 e. The van der Waals surface area contributed by atoms with Crippen LogP contribution in [0.1, 0.15) is 34.3 Å². The van der Waals surface area contributed by atoms with E-state index in [2.05, 4.69) is 11.4 Å². The van der Waals surface area contributed by atoms with Crippen molar-refractivity contribution in [3.63, 3.8) is 0 Å². The highest BCUT2D eigenvalue weighted by Gasteiger charge is 2.35. The van der Waals surface area contributed by atoms with Crippen molar-refractivity contribution in [2.45, 2.75) is 25.2 Å². The Hall–Kier alpha value is -2.04. The zero-order valence-corrected chi connectivity index (χ0v) is 15.1. The van der Waals surface area contributed by atoms with E-state index in [9.17, 15) is 4.79 Å². The number of nitrogens with two attached hydrogens (primary N) is 1. The molecule has 0 radical (unpaired) electrons. The van der Waals surface area contributed by atoms with Gasteiger partial charge in [0.15, 0.2) is 0 Å². The third-order valence-electron chi connectivity index (χ3n) is 4.98. The fourth-order valence-electron chi connectivity index (χ4n) is 3.38. The van der Waals surface area contributed by atoms with Crippen molar-refractivity contribution < 1.29 is 9.53 Å². The van der Waals surface area contributed by atoms with E-state index < -0.39 is 0 Å². The van der Waals surface area contributed by atoms with E-state index in [0.717, 1.165) is 24.0 Å². The van der Waals surface area contributed by atoms with Crippen LogP contribution in [0.3, 0.4) is 0 Å². The molecule has 0 spiro atoms. The van der Waals surface area contributed by atoms with Crippen molar-refractivity contribution in [3.8, 4) is 0 Å². The van der Waals surface area contributed by atoms with Gasteiger partial charge in [0.05, 0.1) is 0 Å². The maximum Gasteiger partial charge on any atom is 0.251 e. The number of carbonyl (C=O) groups is 1. The predicted octanol–water partition coefficient (Wildman–Crippen LogP) is 3.71. The molecule has 5 heteroatoms. The fraction of sp³-hybridized carbons (Fsp3) is 0.350. The van der Waals surface area contributed by atoms with Crippen molar-refractivity contribution in [3.05, 3.63) is 64.2 Å². The molecule has 3 rings (SSSR count). The molecule has 1 aliphatic rings. The van der Waals surface area contributed by atoms with Gasteiger partial charge in [0, 0.05) is 41.4 Å². The monoisotopic (exact) mass is 358 g/mol. The number of benzene rings is 2. The number of amides is 1. The second-order valence-electron chi connectivity index (χ2n) is 6.66. The van der Waals surface area contributed by atoms with Gasteiger partial charge < -0.3 is 15.8 Å². The number of nitrogens with one attached hydrogen (secondary N) is 1. The van der Waals surface area contributed by atoms with E-state index in [1.165, 1.54) is 0 Å². The summed E-state index contributed by atoms with van der Waals surface area (Å²) in [6.07, 6.45) is 1.70. The summed E-state index contributed by atoms with van der Waals surface area (Å²) < 4.78 is 5.54. The quantitative estimate of drug-likeness (QED) is 0.819. The van der Waals surface area contributed by atoms with E-state index in [1.54, 1.807) is 12.1 Å². The van der Waals surface area contributed by atoms with E-state index in [4.69, 9.17) is 22.1 Å². The molecule has 132 valence electrons. The van der Waals surface area contributed by atoms with Gasteiger partial charge in [0.2, 0.25) is 0 Å². The van der Waals surface area contributed by atoms with Crippen LogP contribution in [-0.4, -0.2) is 25.7 Å². The van der Waals surface area contributed by atoms with Crippen molar-refractivity contribution in [1.29, 1.82) is 0 Å². The molecule has 1 aliphatic heterocycles. The van der Waals surface area contributed by atoms with Gasteiger partial charge in [-0.1, -0.05) is 29.8 Å². The maximum atomic E-state index is 12.7. The largest absolute Gasteiger partial charge is 0.399 e. The van der Waals surface area contributed by atoms with Crippen LogP contribution >= 0.6 is 11.6 Å². The summed E-state index contributed by atoms with van der Waals surface area (Å²) in [5, 5.41) is 3.81. The van der Waals surface area contributed by atoms with Crippen LogP contribution in [-0.2, 0) is 10.2 Å². The third kappa shape index (κ3) is 3.97. The fourth-order valence-corrected chi connectivity index (χ4v) is 3.57. The third-order valence-corrected chi connectivity index (χ3v) is 5.22. The molecule has 1 saturated heterocycles. The molecule has 4 nitrogen and oxygen atoms in total. The average molecular weight is 359 g/mol. The van der Waals surface area contributed by atoms with Gasteiger partial charge in [-0.05, 0) is 55.2 Å². The maximum absolute atomic E-state index is 12.7. The van der Waals surface area contributed by atoms with Crippen LogP contribution in [0.2, 0.25) is 5.02 Å². The van der Waals surface area contributed by atoms with Crippen molar-refractivity contribution in [1.82, 2.24) is 5.32 Å². The van der Waals surface area contributed by atoms with E-state index in [-0.39, 0.29) is 11.3 Å². The highest BCUT2D eigenvalue weighted by Crippen LogP contribution is 2.35. The standard InChI is InChI=1S/C20H23ClN2O2/c1-14-5-6-17(22)12-18(14)19(24)23-13-20(7-9-25-10-8-20)15-3-2-4-16(21)11-15/h2-6,11-12H,7-10,13,22H2,1H3,(H,23,24). The summed E-state index contributed by atoms with van der Waals surface area (Å²) in [7, 11) is 0. The molecule has 0 saturated carbocycles. The van der Waals surface area contributed by atoms with Gasteiger partial charge in [-0.15, -0.1) is 0 Å². The second-order valence-corrected chi connectivity index (χ2v) is 7.10. The Morgan fingerprint density at radius 2 is 2.00 bits per heavy atom. The van der Waals surface area contributed by atoms with Gasteiger partial charge in [-0.25, -0.2) is 0 Å². The second kappa shape index (κ2) is 7.46. The molecule has 0 bridgehead atoms. The first kappa shape index (κ1) is 17.8. The van der Waals surface area contributed by atoms with E-state index in [0.29, 0.717) is 36.0 Å². The van der Waals surface area contributed by atoms with Crippen molar-refractivity contribution in [2.75, 3.05) is 25.5 Å². The molecule has 3 N–H and O–H groups in total. The Labute approximate surface area is 153 Å². The van der Waals surface area contributed by atoms with Gasteiger partial charge in [-0.3, -0.25) is 4.79 Å². The molecule has 1 amide bonds. The zero-order chi connectivity index (χ0) is 17.9. The number of hydrogen-bond donors (Lipinski definition) is 2. The summed E-state index contributed by atoms with van der Waals surface area (Å²) >= 11 is 6.19. The lowest BCUT2D eigenvalue weighted by Crippen LogP contribution is -2.44. The molecular weight excluding hydrogens is 336 g/mol. The SMILES string of the molecule is Cc1ccc(N)cc1C(=O)NCC1(c2cccc(Cl)c2)CCOCC1. The molecule has 0 unspecified atom stereocenters. The first-order chi connectivity index (χ1) is 12.0. The molecular formula is C20H23ClN2O2. The normalized spacial score (nSPS) is 16.4. The Bertz CT molecular complexity index is 770. The van der Waals surface area contributed by atoms with Gasteiger partial charge in [0.25, 0.3) is 5.91 Å². The molecule has 0 atom stereocenters. The number of ether oxygens (including phenoxy) is 1. The summed E-state index contributed by atoms with van der Waals surface area (Å²) in [5.74, 6) is -0.0994. The molecule has 1 fully saturated rings.